The van der Waals surface area contributed by atoms with Gasteiger partial charge in [-0.3, -0.25) is 15.5 Å². The van der Waals surface area contributed by atoms with E-state index >= 15 is 0 Å². The van der Waals surface area contributed by atoms with Gasteiger partial charge in [-0.2, -0.15) is 5.11 Å². The molecule has 13 heavy (non-hydrogen) atoms. The van der Waals surface area contributed by atoms with Gasteiger partial charge in [0, 0.05) is 12.5 Å². The van der Waals surface area contributed by atoms with Crippen molar-refractivity contribution in [1.29, 1.82) is 0 Å². The van der Waals surface area contributed by atoms with Crippen LogP contribution in [-0.2, 0) is 0 Å². The van der Waals surface area contributed by atoms with Crippen molar-refractivity contribution in [3.63, 3.8) is 0 Å². The molecule has 0 aromatic heterocycles. The van der Waals surface area contributed by atoms with Gasteiger partial charge < -0.3 is 0 Å². The monoisotopic (exact) mass is 180 g/mol. The molecule has 0 aromatic carbocycles. The van der Waals surface area contributed by atoms with Gasteiger partial charge in [-0.25, -0.2) is 0 Å². The minimum Gasteiger partial charge on any atom is -0.272 e. The van der Waals surface area contributed by atoms with Gasteiger partial charge in [0.25, 0.3) is 5.70 Å². The number of nitro groups is 1. The second-order valence-electron chi connectivity index (χ2n) is 3.03. The van der Waals surface area contributed by atoms with Gasteiger partial charge in [-0.1, -0.05) is 17.4 Å². The normalized spacial score (nSPS) is 30.3. The average Bonchev–Trinajstić information content (AvgIpc) is 2.54. The van der Waals surface area contributed by atoms with Crippen LogP contribution in [0.1, 0.15) is 6.42 Å². The molecule has 0 saturated heterocycles. The van der Waals surface area contributed by atoms with Crippen LogP contribution in [0.5, 0.6) is 0 Å². The molecule has 2 rings (SSSR count). The molecule has 1 aliphatic carbocycles. The van der Waals surface area contributed by atoms with Gasteiger partial charge >= 0.3 is 0 Å². The summed E-state index contributed by atoms with van der Waals surface area (Å²) >= 11 is 0. The molecule has 6 nitrogen and oxygen atoms in total. The van der Waals surface area contributed by atoms with E-state index in [-0.39, 0.29) is 10.6 Å². The van der Waals surface area contributed by atoms with Crippen LogP contribution < -0.4 is 5.43 Å². The Balaban J connectivity index is 2.34. The Hall–Kier alpha value is -1.72. The van der Waals surface area contributed by atoms with E-state index in [1.165, 1.54) is 6.08 Å². The molecule has 0 saturated carbocycles. The Labute approximate surface area is 74.2 Å². The van der Waals surface area contributed by atoms with Crippen LogP contribution in [0.3, 0.4) is 0 Å². The van der Waals surface area contributed by atoms with E-state index in [0.717, 1.165) is 0 Å². The van der Waals surface area contributed by atoms with Crippen LogP contribution in [0, 0.1) is 10.1 Å². The first kappa shape index (κ1) is 7.90. The van der Waals surface area contributed by atoms with Gasteiger partial charge in [0.2, 0.25) is 0 Å². The summed E-state index contributed by atoms with van der Waals surface area (Å²) in [6.45, 7) is 0.337. The fourth-order valence-corrected chi connectivity index (χ4v) is 1.50. The van der Waals surface area contributed by atoms with Crippen LogP contribution in [0.15, 0.2) is 34.3 Å². The molecule has 1 heterocycles. The maximum atomic E-state index is 10.7. The summed E-state index contributed by atoms with van der Waals surface area (Å²) in [6, 6.07) is 0. The lowest BCUT2D eigenvalue weighted by molar-refractivity contribution is -0.435. The number of hydrogen-bond donors (Lipinski definition) is 1. The Morgan fingerprint density at radius 1 is 1.69 bits per heavy atom. The molecule has 0 radical (unpaired) electrons. The van der Waals surface area contributed by atoms with E-state index < -0.39 is 5.54 Å². The van der Waals surface area contributed by atoms with Gasteiger partial charge in [0.1, 0.15) is 0 Å². The molecule has 1 aliphatic heterocycles. The molecule has 0 bridgehead atoms. The molecule has 0 amide bonds. The standard InChI is InChI=1S/C7H8N4O2/c12-11(13)6-3-1-2-4-7(6)5-8-10-9-7/h1-3H,4-5H2,(H,8,9). The van der Waals surface area contributed by atoms with E-state index in [1.807, 2.05) is 6.08 Å². The van der Waals surface area contributed by atoms with Crippen molar-refractivity contribution in [3.8, 4) is 0 Å². The van der Waals surface area contributed by atoms with E-state index in [1.54, 1.807) is 6.08 Å². The maximum absolute atomic E-state index is 10.7. The molecule has 1 unspecified atom stereocenters. The molecule has 1 atom stereocenters. The highest BCUT2D eigenvalue weighted by atomic mass is 16.6. The molecule has 1 N–H and O–H groups in total. The van der Waals surface area contributed by atoms with Crippen LogP contribution in [0.25, 0.3) is 0 Å². The van der Waals surface area contributed by atoms with Crippen LogP contribution in [0.2, 0.25) is 0 Å². The first-order valence-corrected chi connectivity index (χ1v) is 3.90. The summed E-state index contributed by atoms with van der Waals surface area (Å²) in [7, 11) is 0. The predicted octanol–water partition coefficient (Wildman–Crippen LogP) is 0.816. The number of nitrogens with zero attached hydrogens (tertiary/aromatic N) is 3. The second kappa shape index (κ2) is 2.65. The predicted molar refractivity (Wildman–Crippen MR) is 44.4 cm³/mol. The highest BCUT2D eigenvalue weighted by Crippen LogP contribution is 2.29. The van der Waals surface area contributed by atoms with Crippen LogP contribution >= 0.6 is 0 Å². The third-order valence-corrected chi connectivity index (χ3v) is 2.22. The molecule has 0 aromatic rings. The molecule has 1 spiro atoms. The van der Waals surface area contributed by atoms with E-state index in [4.69, 9.17) is 0 Å². The van der Waals surface area contributed by atoms with Crippen molar-refractivity contribution < 1.29 is 4.92 Å². The van der Waals surface area contributed by atoms with Crippen molar-refractivity contribution in [3.05, 3.63) is 34.0 Å². The molecule has 2 aliphatic rings. The maximum Gasteiger partial charge on any atom is 0.275 e. The van der Waals surface area contributed by atoms with Crippen LogP contribution in [0.4, 0.5) is 0 Å². The van der Waals surface area contributed by atoms with E-state index in [0.29, 0.717) is 13.0 Å². The first-order valence-electron chi connectivity index (χ1n) is 3.90. The molecule has 0 fully saturated rings. The Kier molecular flexibility index (Phi) is 1.61. The zero-order chi connectivity index (χ0) is 9.31. The number of allylic oxidation sites excluding steroid dienone is 2. The molecule has 6 heteroatoms. The van der Waals surface area contributed by atoms with Crippen molar-refractivity contribution in [2.45, 2.75) is 12.0 Å². The van der Waals surface area contributed by atoms with Crippen molar-refractivity contribution in [1.82, 2.24) is 5.43 Å². The first-order chi connectivity index (χ1) is 6.25. The Morgan fingerprint density at radius 2 is 2.54 bits per heavy atom. The lowest BCUT2D eigenvalue weighted by atomic mass is 9.89. The van der Waals surface area contributed by atoms with Crippen molar-refractivity contribution in [2.24, 2.45) is 10.3 Å². The van der Waals surface area contributed by atoms with E-state index in [2.05, 4.69) is 15.8 Å². The zero-order valence-corrected chi connectivity index (χ0v) is 6.80. The average molecular weight is 180 g/mol. The zero-order valence-electron chi connectivity index (χ0n) is 6.80. The Morgan fingerprint density at radius 3 is 3.15 bits per heavy atom. The SMILES string of the molecule is O=[N+]([O-])C1=CC=CCC12CN=NN2. The highest BCUT2D eigenvalue weighted by Gasteiger charge is 2.45. The number of hydrogen-bond acceptors (Lipinski definition) is 5. The van der Waals surface area contributed by atoms with Gasteiger partial charge in [0.05, 0.1) is 11.5 Å². The molecular formula is C7H8N4O2. The van der Waals surface area contributed by atoms with Crippen molar-refractivity contribution >= 4 is 0 Å². The summed E-state index contributed by atoms with van der Waals surface area (Å²) in [5, 5.41) is 18.0. The lowest BCUT2D eigenvalue weighted by Gasteiger charge is -2.23. The van der Waals surface area contributed by atoms with Crippen LogP contribution in [-0.4, -0.2) is 17.0 Å². The quantitative estimate of drug-likeness (QED) is 0.479. The fraction of sp³-hybridized carbons (Fsp3) is 0.429. The van der Waals surface area contributed by atoms with Gasteiger partial charge in [-0.05, 0) is 0 Å². The fourth-order valence-electron chi connectivity index (χ4n) is 1.50. The van der Waals surface area contributed by atoms with Gasteiger partial charge in [0.15, 0.2) is 5.54 Å². The minimum atomic E-state index is -0.696. The number of rotatable bonds is 1. The summed E-state index contributed by atoms with van der Waals surface area (Å²) in [4.78, 5) is 10.3. The van der Waals surface area contributed by atoms with Crippen molar-refractivity contribution in [2.75, 3.05) is 6.54 Å². The van der Waals surface area contributed by atoms with E-state index in [9.17, 15) is 10.1 Å². The second-order valence-corrected chi connectivity index (χ2v) is 3.03. The van der Waals surface area contributed by atoms with Gasteiger partial charge in [-0.15, -0.1) is 0 Å². The number of nitrogens with one attached hydrogen (secondary N) is 1. The third-order valence-electron chi connectivity index (χ3n) is 2.22. The Bertz CT molecular complexity index is 323. The summed E-state index contributed by atoms with van der Waals surface area (Å²) in [5.74, 6) is 0. The molecule has 68 valence electrons. The summed E-state index contributed by atoms with van der Waals surface area (Å²) in [6.07, 6.45) is 5.61. The minimum absolute atomic E-state index is 0.139. The largest absolute Gasteiger partial charge is 0.275 e. The third kappa shape index (κ3) is 1.10. The summed E-state index contributed by atoms with van der Waals surface area (Å²) < 4.78 is 0. The topological polar surface area (TPSA) is 79.9 Å². The summed E-state index contributed by atoms with van der Waals surface area (Å²) in [5.41, 5.74) is 2.14. The lowest BCUT2D eigenvalue weighted by Crippen LogP contribution is -2.46. The highest BCUT2D eigenvalue weighted by molar-refractivity contribution is 5.27. The molecular weight excluding hydrogens is 172 g/mol. The smallest absolute Gasteiger partial charge is 0.272 e.